The zero-order valence-electron chi connectivity index (χ0n) is 23.1. The smallest absolute Gasteiger partial charge is 0.330 e. The Morgan fingerprint density at radius 3 is 2.50 bits per heavy atom. The maximum atomic E-state index is 12.4. The molecule has 0 bridgehead atoms. The average Bonchev–Trinajstić information content (AvgIpc) is 3.65. The minimum atomic E-state index is -1.59. The Morgan fingerprint density at radius 1 is 1.02 bits per heavy atom. The summed E-state index contributed by atoms with van der Waals surface area (Å²) in [6.45, 7) is 4.89. The standard InChI is InChI=1S/C25H39N7O10/c26-12-15-17(34)20(37)24(40-15)42-21(22-18(35)19(36)23(41-22)32-7-4-16(33)27-25(32)38)14-13-31(29-28-14)6-3-1-2-5-30-8-10-39-11-9-30/h4,7,13,15,17-24,34-37H,1-3,5-6,8-12,26H2,(H,27,33,38)/t15-,17-,18+,19-,20-,21+,22+,23-,24+/m1/s1. The lowest BCUT2D eigenvalue weighted by atomic mass is 10.0. The average molecular weight is 598 g/mol. The highest BCUT2D eigenvalue weighted by atomic mass is 16.7. The topological polar surface area (TPSA) is 233 Å². The molecule has 5 heterocycles. The van der Waals surface area contributed by atoms with E-state index in [2.05, 4.69) is 20.2 Å². The quantitative estimate of drug-likeness (QED) is 0.130. The van der Waals surface area contributed by atoms with Crippen LogP contribution in [0.5, 0.6) is 0 Å². The first kappa shape index (κ1) is 30.9. The summed E-state index contributed by atoms with van der Waals surface area (Å²) in [6, 6.07) is 1.08. The van der Waals surface area contributed by atoms with Gasteiger partial charge in [0, 0.05) is 38.4 Å². The van der Waals surface area contributed by atoms with E-state index in [4.69, 9.17) is 24.7 Å². The van der Waals surface area contributed by atoms with Gasteiger partial charge in [-0.3, -0.25) is 23.9 Å². The first-order valence-corrected chi connectivity index (χ1v) is 14.2. The fourth-order valence-electron chi connectivity index (χ4n) is 5.44. The van der Waals surface area contributed by atoms with Gasteiger partial charge in [0.2, 0.25) is 0 Å². The summed E-state index contributed by atoms with van der Waals surface area (Å²) < 4.78 is 25.5. The highest BCUT2D eigenvalue weighted by molar-refractivity contribution is 5.07. The molecule has 0 amide bonds. The number of aliphatic hydroxyl groups excluding tert-OH is 4. The van der Waals surface area contributed by atoms with Crippen molar-refractivity contribution in [3.8, 4) is 0 Å². The number of aliphatic hydroxyl groups is 4. The molecule has 0 radical (unpaired) electrons. The number of aromatic amines is 1. The van der Waals surface area contributed by atoms with E-state index in [1.165, 1.54) is 0 Å². The highest BCUT2D eigenvalue weighted by Gasteiger charge is 2.52. The molecule has 0 unspecified atom stereocenters. The summed E-state index contributed by atoms with van der Waals surface area (Å²) in [5.74, 6) is 0. The molecule has 3 saturated heterocycles. The summed E-state index contributed by atoms with van der Waals surface area (Å²) in [7, 11) is 0. The van der Waals surface area contributed by atoms with Crippen LogP contribution < -0.4 is 17.0 Å². The molecule has 5 rings (SSSR count). The van der Waals surface area contributed by atoms with Gasteiger partial charge in [-0.1, -0.05) is 11.6 Å². The van der Waals surface area contributed by atoms with Crippen LogP contribution in [0.3, 0.4) is 0 Å². The zero-order valence-corrected chi connectivity index (χ0v) is 23.1. The monoisotopic (exact) mass is 597 g/mol. The van der Waals surface area contributed by atoms with Crippen molar-refractivity contribution in [1.82, 2.24) is 29.4 Å². The van der Waals surface area contributed by atoms with Crippen LogP contribution in [0.15, 0.2) is 28.0 Å². The number of ether oxygens (including phenoxy) is 4. The van der Waals surface area contributed by atoms with Gasteiger partial charge in [0.1, 0.15) is 48.4 Å². The molecule has 234 valence electrons. The SMILES string of the molecule is NC[C@H]1O[C@@H](O[C@@H](c2cn(CCCCCN3CCOCC3)nn2)[C@H]2O[C@@H](n3ccc(=O)[nH]c3=O)[C@H](O)[C@@H]2O)[C@H](O)[C@@H]1O. The Morgan fingerprint density at radius 2 is 1.79 bits per heavy atom. The molecule has 3 aliphatic heterocycles. The number of morpholine rings is 1. The van der Waals surface area contributed by atoms with E-state index < -0.39 is 66.5 Å². The zero-order chi connectivity index (χ0) is 29.8. The lowest BCUT2D eigenvalue weighted by molar-refractivity contribution is -0.224. The number of nitrogens with zero attached hydrogens (tertiary/aromatic N) is 5. The molecule has 2 aromatic heterocycles. The molecule has 0 aromatic carbocycles. The van der Waals surface area contributed by atoms with Gasteiger partial charge in [-0.2, -0.15) is 0 Å². The van der Waals surface area contributed by atoms with Crippen LogP contribution in [0.25, 0.3) is 0 Å². The molecule has 42 heavy (non-hydrogen) atoms. The number of aryl methyl sites for hydroxylation is 1. The van der Waals surface area contributed by atoms with Crippen molar-refractivity contribution in [3.63, 3.8) is 0 Å². The minimum absolute atomic E-state index is 0.0804. The second-order valence-electron chi connectivity index (χ2n) is 10.7. The first-order chi connectivity index (χ1) is 20.3. The highest BCUT2D eigenvalue weighted by Crippen LogP contribution is 2.39. The van der Waals surface area contributed by atoms with Gasteiger partial charge in [0.25, 0.3) is 5.56 Å². The molecule has 2 aromatic rings. The number of nitrogens with one attached hydrogen (secondary N) is 1. The van der Waals surface area contributed by atoms with Crippen LogP contribution in [0.4, 0.5) is 0 Å². The number of rotatable bonds is 12. The van der Waals surface area contributed by atoms with Crippen molar-refractivity contribution >= 4 is 0 Å². The van der Waals surface area contributed by atoms with Gasteiger partial charge in [-0.25, -0.2) is 4.79 Å². The molecule has 0 aliphatic carbocycles. The molecule has 9 atom stereocenters. The molecule has 17 nitrogen and oxygen atoms in total. The maximum Gasteiger partial charge on any atom is 0.330 e. The summed E-state index contributed by atoms with van der Waals surface area (Å²) in [5, 5.41) is 51.0. The van der Waals surface area contributed by atoms with Crippen LogP contribution >= 0.6 is 0 Å². The molecule has 0 saturated carbocycles. The normalized spacial score (nSPS) is 32.9. The maximum absolute atomic E-state index is 12.4. The molecular weight excluding hydrogens is 558 g/mol. The molecule has 17 heteroatoms. The lowest BCUT2D eigenvalue weighted by Crippen LogP contribution is -2.40. The second-order valence-corrected chi connectivity index (χ2v) is 10.7. The molecule has 7 N–H and O–H groups in total. The van der Waals surface area contributed by atoms with E-state index in [-0.39, 0.29) is 12.2 Å². The van der Waals surface area contributed by atoms with E-state index >= 15 is 0 Å². The summed E-state index contributed by atoms with van der Waals surface area (Å²) in [5.41, 5.74) is 4.35. The minimum Gasteiger partial charge on any atom is -0.387 e. The first-order valence-electron chi connectivity index (χ1n) is 14.2. The summed E-state index contributed by atoms with van der Waals surface area (Å²) in [4.78, 5) is 28.3. The van der Waals surface area contributed by atoms with E-state index in [0.717, 1.165) is 68.9 Å². The number of hydrogen-bond donors (Lipinski definition) is 6. The van der Waals surface area contributed by atoms with Crippen molar-refractivity contribution < 1.29 is 39.4 Å². The Bertz CT molecular complexity index is 1270. The second kappa shape index (κ2) is 13.8. The van der Waals surface area contributed by atoms with E-state index in [1.54, 1.807) is 10.9 Å². The third kappa shape index (κ3) is 6.80. The number of unbranched alkanes of at least 4 members (excludes halogenated alkanes) is 2. The Hall–Kier alpha value is -2.58. The summed E-state index contributed by atoms with van der Waals surface area (Å²) >= 11 is 0. The Balaban J connectivity index is 1.29. The number of nitrogens with two attached hydrogens (primary N) is 1. The van der Waals surface area contributed by atoms with Crippen molar-refractivity contribution in [1.29, 1.82) is 0 Å². The van der Waals surface area contributed by atoms with Crippen LogP contribution in [0.1, 0.15) is 37.3 Å². The van der Waals surface area contributed by atoms with E-state index in [9.17, 15) is 30.0 Å². The van der Waals surface area contributed by atoms with Gasteiger partial charge in [0.05, 0.1) is 19.4 Å². The molecule has 3 aliphatic rings. The summed E-state index contributed by atoms with van der Waals surface area (Å²) in [6.07, 6.45) is -6.59. The van der Waals surface area contributed by atoms with Gasteiger partial charge in [-0.05, 0) is 19.4 Å². The largest absolute Gasteiger partial charge is 0.387 e. The molecule has 0 spiro atoms. The van der Waals surface area contributed by atoms with Crippen molar-refractivity contribution in [2.24, 2.45) is 5.73 Å². The third-order valence-electron chi connectivity index (χ3n) is 7.84. The van der Waals surface area contributed by atoms with Gasteiger partial charge < -0.3 is 45.1 Å². The van der Waals surface area contributed by atoms with Gasteiger partial charge in [0.15, 0.2) is 12.5 Å². The molecule has 3 fully saturated rings. The predicted octanol–water partition coefficient (Wildman–Crippen LogP) is -3.59. The van der Waals surface area contributed by atoms with Crippen LogP contribution in [0, 0.1) is 0 Å². The molecular formula is C25H39N7O10. The number of hydrogen-bond acceptors (Lipinski definition) is 14. The lowest BCUT2D eigenvalue weighted by Gasteiger charge is -2.28. The van der Waals surface area contributed by atoms with E-state index in [0.29, 0.717) is 6.54 Å². The Kier molecular flexibility index (Phi) is 10.1. The fourth-order valence-corrected chi connectivity index (χ4v) is 5.44. The number of H-pyrrole nitrogens is 1. The van der Waals surface area contributed by atoms with Crippen LogP contribution in [-0.2, 0) is 25.5 Å². The van der Waals surface area contributed by atoms with Crippen molar-refractivity contribution in [2.45, 2.75) is 81.1 Å². The van der Waals surface area contributed by atoms with Crippen LogP contribution in [-0.4, -0.2) is 132 Å². The Labute approximate surface area is 240 Å². The van der Waals surface area contributed by atoms with Crippen molar-refractivity contribution in [3.05, 3.63) is 45.0 Å². The van der Waals surface area contributed by atoms with E-state index in [1.807, 2.05) is 0 Å². The fraction of sp³-hybridized carbons (Fsp3) is 0.760. The van der Waals surface area contributed by atoms with Crippen LogP contribution in [0.2, 0.25) is 0 Å². The number of aromatic nitrogens is 5. The van der Waals surface area contributed by atoms with Gasteiger partial charge in [-0.15, -0.1) is 5.10 Å². The van der Waals surface area contributed by atoms with Crippen molar-refractivity contribution in [2.75, 3.05) is 39.4 Å². The third-order valence-corrected chi connectivity index (χ3v) is 7.84. The van der Waals surface area contributed by atoms with Gasteiger partial charge >= 0.3 is 5.69 Å². The predicted molar refractivity (Wildman–Crippen MR) is 142 cm³/mol.